The van der Waals surface area contributed by atoms with Crippen LogP contribution in [-0.2, 0) is 13.1 Å². The number of hydrogen-bond donors (Lipinski definition) is 2. The molecule has 0 bridgehead atoms. The largest absolute Gasteiger partial charge is 0.496 e. The van der Waals surface area contributed by atoms with Crippen molar-refractivity contribution in [2.75, 3.05) is 40.1 Å². The smallest absolute Gasteiger partial charge is 0.231 e. The molecule has 0 amide bonds. The van der Waals surface area contributed by atoms with Crippen molar-refractivity contribution in [3.8, 4) is 17.2 Å². The van der Waals surface area contributed by atoms with E-state index in [1.807, 2.05) is 6.07 Å². The maximum atomic E-state index is 5.69. The van der Waals surface area contributed by atoms with Crippen LogP contribution in [0.2, 0.25) is 0 Å². The Bertz CT molecular complexity index is 1010. The van der Waals surface area contributed by atoms with Crippen LogP contribution in [0.25, 0.3) is 10.8 Å². The van der Waals surface area contributed by atoms with Gasteiger partial charge in [-0.2, -0.15) is 0 Å². The number of methoxy groups -OCH3 is 1. The molecule has 0 aromatic heterocycles. The van der Waals surface area contributed by atoms with Crippen molar-refractivity contribution in [2.45, 2.75) is 13.1 Å². The first-order valence-corrected chi connectivity index (χ1v) is 10.4. The molecule has 5 rings (SSSR count). The molecule has 29 heavy (non-hydrogen) atoms. The molecule has 5 heteroatoms. The molecular formula is C24H28N2O3+2. The first-order chi connectivity index (χ1) is 14.3. The van der Waals surface area contributed by atoms with Crippen LogP contribution in [0, 0.1) is 0 Å². The monoisotopic (exact) mass is 392 g/mol. The summed E-state index contributed by atoms with van der Waals surface area (Å²) in [6.45, 7) is 7.10. The summed E-state index contributed by atoms with van der Waals surface area (Å²) in [7, 11) is 1.77. The molecule has 0 unspecified atom stereocenters. The van der Waals surface area contributed by atoms with Crippen LogP contribution in [0.15, 0.2) is 54.6 Å². The Morgan fingerprint density at radius 2 is 1.59 bits per heavy atom. The molecule has 2 heterocycles. The van der Waals surface area contributed by atoms with Gasteiger partial charge in [-0.05, 0) is 35.0 Å². The van der Waals surface area contributed by atoms with Gasteiger partial charge in [-0.3, -0.25) is 0 Å². The molecule has 5 nitrogen and oxygen atoms in total. The second kappa shape index (κ2) is 7.93. The predicted octanol–water partition coefficient (Wildman–Crippen LogP) is 1.06. The lowest BCUT2D eigenvalue weighted by Gasteiger charge is -2.30. The molecule has 2 N–H and O–H groups in total. The van der Waals surface area contributed by atoms with Crippen molar-refractivity contribution >= 4 is 10.8 Å². The SMILES string of the molecule is COc1ccc2ccccc2c1C[NH+]1CC[NH+](Cc2ccc3c(c2)OCO3)CC1. The molecule has 0 aliphatic carbocycles. The van der Waals surface area contributed by atoms with Crippen molar-refractivity contribution in [3.05, 3.63) is 65.7 Å². The predicted molar refractivity (Wildman–Crippen MR) is 112 cm³/mol. The number of benzene rings is 3. The van der Waals surface area contributed by atoms with Gasteiger partial charge < -0.3 is 24.0 Å². The molecule has 2 aliphatic heterocycles. The lowest BCUT2D eigenvalue weighted by Crippen LogP contribution is -3.27. The summed E-state index contributed by atoms with van der Waals surface area (Å²) in [6, 6.07) is 19.2. The van der Waals surface area contributed by atoms with E-state index in [0.717, 1.165) is 30.3 Å². The van der Waals surface area contributed by atoms with Gasteiger partial charge in [0.25, 0.3) is 0 Å². The fourth-order valence-electron chi connectivity index (χ4n) is 4.59. The van der Waals surface area contributed by atoms with E-state index in [0.29, 0.717) is 6.79 Å². The molecule has 2 aliphatic rings. The van der Waals surface area contributed by atoms with Crippen LogP contribution in [0.1, 0.15) is 11.1 Å². The molecule has 3 aromatic carbocycles. The number of rotatable bonds is 5. The average molecular weight is 392 g/mol. The zero-order chi connectivity index (χ0) is 19.6. The maximum Gasteiger partial charge on any atom is 0.231 e. The molecule has 1 fully saturated rings. The van der Waals surface area contributed by atoms with Crippen LogP contribution >= 0.6 is 0 Å². The molecule has 0 saturated carbocycles. The minimum Gasteiger partial charge on any atom is -0.496 e. The average Bonchev–Trinajstić information content (AvgIpc) is 3.23. The second-order valence-corrected chi connectivity index (χ2v) is 8.01. The summed E-state index contributed by atoms with van der Waals surface area (Å²) in [6.07, 6.45) is 0. The number of nitrogens with one attached hydrogen (secondary N) is 2. The summed E-state index contributed by atoms with van der Waals surface area (Å²) < 4.78 is 16.6. The minimum absolute atomic E-state index is 0.339. The number of hydrogen-bond acceptors (Lipinski definition) is 3. The first-order valence-electron chi connectivity index (χ1n) is 10.4. The van der Waals surface area contributed by atoms with Crippen LogP contribution < -0.4 is 24.0 Å². The number of quaternary nitrogens is 2. The lowest BCUT2D eigenvalue weighted by atomic mass is 10.0. The highest BCUT2D eigenvalue weighted by Crippen LogP contribution is 2.32. The normalized spacial score (nSPS) is 20.7. The molecule has 1 saturated heterocycles. The fourth-order valence-corrected chi connectivity index (χ4v) is 4.59. The highest BCUT2D eigenvalue weighted by Gasteiger charge is 2.25. The first kappa shape index (κ1) is 18.3. The van der Waals surface area contributed by atoms with E-state index in [-0.39, 0.29) is 0 Å². The van der Waals surface area contributed by atoms with Gasteiger partial charge in [-0.15, -0.1) is 0 Å². The van der Waals surface area contributed by atoms with Crippen LogP contribution in [0.4, 0.5) is 0 Å². The van der Waals surface area contributed by atoms with Crippen molar-refractivity contribution in [1.82, 2.24) is 0 Å². The summed E-state index contributed by atoms with van der Waals surface area (Å²) >= 11 is 0. The second-order valence-electron chi connectivity index (χ2n) is 8.01. The highest BCUT2D eigenvalue weighted by atomic mass is 16.7. The summed E-state index contributed by atoms with van der Waals surface area (Å²) in [5.41, 5.74) is 2.66. The van der Waals surface area contributed by atoms with E-state index in [4.69, 9.17) is 14.2 Å². The van der Waals surface area contributed by atoms with Gasteiger partial charge in [0.1, 0.15) is 45.0 Å². The van der Waals surface area contributed by atoms with E-state index in [2.05, 4.69) is 48.5 Å². The van der Waals surface area contributed by atoms with E-state index >= 15 is 0 Å². The van der Waals surface area contributed by atoms with Crippen LogP contribution in [0.3, 0.4) is 0 Å². The van der Waals surface area contributed by atoms with Gasteiger partial charge in [-0.1, -0.05) is 30.3 Å². The van der Waals surface area contributed by atoms with Gasteiger partial charge in [0.05, 0.1) is 12.7 Å². The summed E-state index contributed by atoms with van der Waals surface area (Å²) in [5.74, 6) is 2.75. The van der Waals surface area contributed by atoms with Crippen molar-refractivity contribution < 1.29 is 24.0 Å². The van der Waals surface area contributed by atoms with Gasteiger partial charge in [-0.25, -0.2) is 0 Å². The Kier molecular flexibility index (Phi) is 5.00. The van der Waals surface area contributed by atoms with Crippen LogP contribution in [0.5, 0.6) is 17.2 Å². The third kappa shape index (κ3) is 3.76. The molecular weight excluding hydrogens is 364 g/mol. The van der Waals surface area contributed by atoms with Gasteiger partial charge in [0.2, 0.25) is 6.79 Å². The topological polar surface area (TPSA) is 36.6 Å². The molecule has 0 spiro atoms. The van der Waals surface area contributed by atoms with E-state index in [1.54, 1.807) is 16.9 Å². The number of fused-ring (bicyclic) bond motifs is 2. The van der Waals surface area contributed by atoms with Crippen molar-refractivity contribution in [2.24, 2.45) is 0 Å². The van der Waals surface area contributed by atoms with Crippen LogP contribution in [-0.4, -0.2) is 40.1 Å². The Morgan fingerprint density at radius 1 is 0.828 bits per heavy atom. The fraction of sp³-hybridized carbons (Fsp3) is 0.333. The number of piperazine rings is 1. The van der Waals surface area contributed by atoms with Gasteiger partial charge in [0.15, 0.2) is 11.5 Å². The van der Waals surface area contributed by atoms with E-state index in [9.17, 15) is 0 Å². The minimum atomic E-state index is 0.339. The third-order valence-corrected chi connectivity index (χ3v) is 6.20. The zero-order valence-electron chi connectivity index (χ0n) is 16.9. The molecule has 0 atom stereocenters. The summed E-state index contributed by atoms with van der Waals surface area (Å²) in [5, 5.41) is 2.60. The maximum absolute atomic E-state index is 5.69. The van der Waals surface area contributed by atoms with E-state index in [1.165, 1.54) is 48.1 Å². The zero-order valence-corrected chi connectivity index (χ0v) is 16.9. The Balaban J connectivity index is 1.24. The Hall–Kier alpha value is -2.76. The standard InChI is InChI=1S/C24H26N2O3/c1-27-22-9-7-19-4-2-3-5-20(19)21(22)16-26-12-10-25(11-13-26)15-18-6-8-23-24(14-18)29-17-28-23/h2-9,14H,10-13,15-17H2,1H3/p+2. The quantitative estimate of drug-likeness (QED) is 0.682. The Labute approximate surface area is 171 Å². The highest BCUT2D eigenvalue weighted by molar-refractivity contribution is 5.87. The van der Waals surface area contributed by atoms with Crippen molar-refractivity contribution in [1.29, 1.82) is 0 Å². The third-order valence-electron chi connectivity index (χ3n) is 6.20. The molecule has 150 valence electrons. The van der Waals surface area contributed by atoms with Gasteiger partial charge in [0, 0.05) is 5.56 Å². The Morgan fingerprint density at radius 3 is 2.41 bits per heavy atom. The lowest BCUT2D eigenvalue weighted by molar-refractivity contribution is -1.02. The molecule has 3 aromatic rings. The van der Waals surface area contributed by atoms with E-state index < -0.39 is 0 Å². The van der Waals surface area contributed by atoms with Crippen molar-refractivity contribution in [3.63, 3.8) is 0 Å². The number of ether oxygens (including phenoxy) is 3. The van der Waals surface area contributed by atoms with Gasteiger partial charge >= 0.3 is 0 Å². The summed E-state index contributed by atoms with van der Waals surface area (Å²) in [4.78, 5) is 3.27. The molecule has 0 radical (unpaired) electrons.